The van der Waals surface area contributed by atoms with E-state index in [1.54, 1.807) is 13.0 Å². The van der Waals surface area contributed by atoms with Gasteiger partial charge < -0.3 is 14.8 Å². The lowest BCUT2D eigenvalue weighted by molar-refractivity contribution is 0.0696. The molecule has 0 aliphatic rings. The Bertz CT molecular complexity index is 648. The van der Waals surface area contributed by atoms with E-state index in [0.29, 0.717) is 5.69 Å². The molecule has 0 saturated heterocycles. The van der Waals surface area contributed by atoms with Crippen molar-refractivity contribution in [3.8, 4) is 0 Å². The minimum atomic E-state index is -1.06. The van der Waals surface area contributed by atoms with Crippen LogP contribution in [0.15, 0.2) is 34.9 Å². The predicted molar refractivity (Wildman–Crippen MR) is 69.8 cm³/mol. The van der Waals surface area contributed by atoms with Crippen molar-refractivity contribution in [3.63, 3.8) is 0 Å². The second-order valence-corrected chi connectivity index (χ2v) is 4.24. The average molecular weight is 280 g/mol. The Morgan fingerprint density at radius 1 is 1.32 bits per heavy atom. The van der Waals surface area contributed by atoms with Crippen LogP contribution in [-0.2, 0) is 0 Å². The van der Waals surface area contributed by atoms with Gasteiger partial charge in [-0.1, -0.05) is 6.07 Å². The molecule has 0 fully saturated rings. The van der Waals surface area contributed by atoms with E-state index in [1.165, 1.54) is 24.5 Å². The summed E-state index contributed by atoms with van der Waals surface area (Å²) in [5.74, 6) is -1.51. The van der Waals surface area contributed by atoms with Crippen LogP contribution in [0.1, 0.15) is 26.3 Å². The van der Waals surface area contributed by atoms with Crippen LogP contribution in [0.5, 0.6) is 0 Å². The normalized spacial score (nSPS) is 10.2. The first-order valence-corrected chi connectivity index (χ1v) is 5.75. The molecule has 1 aromatic heterocycles. The average Bonchev–Trinajstić information content (AvgIpc) is 2.78. The zero-order valence-electron chi connectivity index (χ0n) is 9.94. The lowest BCUT2D eigenvalue weighted by atomic mass is 10.1. The van der Waals surface area contributed by atoms with Gasteiger partial charge in [-0.15, -0.1) is 0 Å². The highest BCUT2D eigenvalue weighted by molar-refractivity contribution is 6.32. The Hall–Kier alpha value is -2.27. The van der Waals surface area contributed by atoms with E-state index in [4.69, 9.17) is 21.1 Å². The second-order valence-electron chi connectivity index (χ2n) is 3.90. The molecule has 1 heterocycles. The van der Waals surface area contributed by atoms with Gasteiger partial charge in [-0.3, -0.25) is 4.79 Å². The fourth-order valence-electron chi connectivity index (χ4n) is 1.54. The number of aromatic carboxylic acids is 1. The van der Waals surface area contributed by atoms with Gasteiger partial charge in [-0.2, -0.15) is 0 Å². The number of hydrogen-bond donors (Lipinski definition) is 2. The molecular weight excluding hydrogens is 270 g/mol. The third-order valence-electron chi connectivity index (χ3n) is 2.60. The Morgan fingerprint density at radius 2 is 2.05 bits per heavy atom. The zero-order chi connectivity index (χ0) is 14.0. The zero-order valence-corrected chi connectivity index (χ0v) is 10.7. The summed E-state index contributed by atoms with van der Waals surface area (Å²) in [6.45, 7) is 1.76. The lowest BCUT2D eigenvalue weighted by Gasteiger charge is -2.08. The van der Waals surface area contributed by atoms with Gasteiger partial charge in [0.15, 0.2) is 0 Å². The highest BCUT2D eigenvalue weighted by Gasteiger charge is 2.15. The SMILES string of the molecule is Cc1ccc(C(=O)O)cc1NC(=O)c1ccoc1Cl. The molecule has 2 aromatic rings. The van der Waals surface area contributed by atoms with Gasteiger partial charge in [0.2, 0.25) is 5.22 Å². The van der Waals surface area contributed by atoms with Crippen molar-refractivity contribution in [1.29, 1.82) is 0 Å². The number of rotatable bonds is 3. The Morgan fingerprint density at radius 3 is 2.63 bits per heavy atom. The minimum absolute atomic E-state index is 0.00968. The van der Waals surface area contributed by atoms with Gasteiger partial charge in [-0.25, -0.2) is 4.79 Å². The number of halogens is 1. The minimum Gasteiger partial charge on any atom is -0.478 e. The molecule has 1 aromatic carbocycles. The number of aryl methyl sites for hydroxylation is 1. The second kappa shape index (κ2) is 5.16. The van der Waals surface area contributed by atoms with Crippen LogP contribution < -0.4 is 5.32 Å². The van der Waals surface area contributed by atoms with Crippen molar-refractivity contribution < 1.29 is 19.1 Å². The summed E-state index contributed by atoms with van der Waals surface area (Å²) in [4.78, 5) is 22.8. The van der Waals surface area contributed by atoms with Gasteiger partial charge in [-0.05, 0) is 42.3 Å². The van der Waals surface area contributed by atoms with Crippen molar-refractivity contribution in [2.45, 2.75) is 6.92 Å². The van der Waals surface area contributed by atoms with E-state index in [2.05, 4.69) is 5.32 Å². The van der Waals surface area contributed by atoms with Crippen molar-refractivity contribution in [2.24, 2.45) is 0 Å². The van der Waals surface area contributed by atoms with E-state index in [-0.39, 0.29) is 16.3 Å². The first-order chi connectivity index (χ1) is 8.99. The highest BCUT2D eigenvalue weighted by Crippen LogP contribution is 2.21. The molecule has 6 heteroatoms. The lowest BCUT2D eigenvalue weighted by Crippen LogP contribution is -2.13. The highest BCUT2D eigenvalue weighted by atomic mass is 35.5. The molecule has 0 bridgehead atoms. The first-order valence-electron chi connectivity index (χ1n) is 5.37. The van der Waals surface area contributed by atoms with E-state index in [9.17, 15) is 9.59 Å². The first kappa shape index (κ1) is 13.2. The van der Waals surface area contributed by atoms with Gasteiger partial charge in [0.25, 0.3) is 5.91 Å². The molecule has 1 amide bonds. The van der Waals surface area contributed by atoms with Crippen molar-refractivity contribution in [3.05, 3.63) is 52.4 Å². The standard InChI is InChI=1S/C13H10ClNO4/c1-7-2-3-8(13(17)18)6-10(7)15-12(16)9-4-5-19-11(9)14/h2-6H,1H3,(H,15,16)(H,17,18). The molecule has 98 valence electrons. The third kappa shape index (κ3) is 2.77. The molecule has 5 nitrogen and oxygen atoms in total. The summed E-state index contributed by atoms with van der Waals surface area (Å²) in [5.41, 5.74) is 1.46. The number of carboxylic acid groups (broad SMARTS) is 1. The number of hydrogen-bond acceptors (Lipinski definition) is 3. The number of nitrogens with one attached hydrogen (secondary N) is 1. The Kier molecular flexibility index (Phi) is 3.57. The Balaban J connectivity index is 2.28. The van der Waals surface area contributed by atoms with Gasteiger partial charge in [0.1, 0.15) is 0 Å². The number of furan rings is 1. The fraction of sp³-hybridized carbons (Fsp3) is 0.0769. The number of amides is 1. The summed E-state index contributed by atoms with van der Waals surface area (Å²) in [6.07, 6.45) is 1.30. The van der Waals surface area contributed by atoms with Crippen molar-refractivity contribution >= 4 is 29.2 Å². The predicted octanol–water partition coefficient (Wildman–Crippen LogP) is 3.19. The number of anilines is 1. The summed E-state index contributed by atoms with van der Waals surface area (Å²) >= 11 is 5.70. The molecule has 0 spiro atoms. The van der Waals surface area contributed by atoms with Crippen LogP contribution in [0, 0.1) is 6.92 Å². The van der Waals surface area contributed by atoms with Crippen LogP contribution in [0.4, 0.5) is 5.69 Å². The molecule has 0 aliphatic heterocycles. The van der Waals surface area contributed by atoms with Crippen LogP contribution >= 0.6 is 11.6 Å². The van der Waals surface area contributed by atoms with Crippen LogP contribution in [0.3, 0.4) is 0 Å². The topological polar surface area (TPSA) is 79.5 Å². The molecule has 0 saturated carbocycles. The fourth-order valence-corrected chi connectivity index (χ4v) is 1.74. The van der Waals surface area contributed by atoms with E-state index >= 15 is 0 Å². The maximum atomic E-state index is 11.9. The van der Waals surface area contributed by atoms with Crippen molar-refractivity contribution in [1.82, 2.24) is 0 Å². The summed E-state index contributed by atoms with van der Waals surface area (Å²) < 4.78 is 4.83. The molecule has 2 rings (SSSR count). The summed E-state index contributed by atoms with van der Waals surface area (Å²) in [5, 5.41) is 11.5. The smallest absolute Gasteiger partial charge is 0.335 e. The molecule has 0 unspecified atom stereocenters. The number of benzene rings is 1. The molecule has 0 atom stereocenters. The number of carbonyl (C=O) groups excluding carboxylic acids is 1. The summed E-state index contributed by atoms with van der Waals surface area (Å²) in [7, 11) is 0. The van der Waals surface area contributed by atoms with E-state index < -0.39 is 11.9 Å². The van der Waals surface area contributed by atoms with E-state index in [1.807, 2.05) is 0 Å². The van der Waals surface area contributed by atoms with Gasteiger partial charge >= 0.3 is 5.97 Å². The third-order valence-corrected chi connectivity index (χ3v) is 2.89. The number of carbonyl (C=O) groups is 2. The van der Waals surface area contributed by atoms with Gasteiger partial charge in [0.05, 0.1) is 17.4 Å². The van der Waals surface area contributed by atoms with Crippen LogP contribution in [0.25, 0.3) is 0 Å². The van der Waals surface area contributed by atoms with Crippen LogP contribution in [-0.4, -0.2) is 17.0 Å². The maximum absolute atomic E-state index is 11.9. The molecule has 2 N–H and O–H groups in total. The Labute approximate surface area is 113 Å². The van der Waals surface area contributed by atoms with E-state index in [0.717, 1.165) is 5.56 Å². The summed E-state index contributed by atoms with van der Waals surface area (Å²) in [6, 6.07) is 5.92. The molecule has 0 aliphatic carbocycles. The van der Waals surface area contributed by atoms with Gasteiger partial charge in [0, 0.05) is 5.69 Å². The quantitative estimate of drug-likeness (QED) is 0.904. The number of carboxylic acids is 1. The molecular formula is C13H10ClNO4. The van der Waals surface area contributed by atoms with Crippen molar-refractivity contribution in [2.75, 3.05) is 5.32 Å². The monoisotopic (exact) mass is 279 g/mol. The van der Waals surface area contributed by atoms with Crippen LogP contribution in [0.2, 0.25) is 5.22 Å². The maximum Gasteiger partial charge on any atom is 0.335 e. The molecule has 19 heavy (non-hydrogen) atoms. The largest absolute Gasteiger partial charge is 0.478 e. The molecule has 0 radical (unpaired) electrons.